The first-order valence-corrected chi connectivity index (χ1v) is 11.8. The van der Waals surface area contributed by atoms with E-state index in [2.05, 4.69) is 10.2 Å². The molecule has 0 fully saturated rings. The van der Waals surface area contributed by atoms with Gasteiger partial charge in [0.25, 0.3) is 9.80 Å². The third-order valence-electron chi connectivity index (χ3n) is 5.14. The topological polar surface area (TPSA) is 154 Å². The normalized spacial score (nSPS) is 23.8. The van der Waals surface area contributed by atoms with Crippen molar-refractivity contribution in [1.82, 2.24) is 0 Å². The molecule has 9 nitrogen and oxygen atoms in total. The third kappa shape index (κ3) is 3.09. The Hall–Kier alpha value is -2.96. The van der Waals surface area contributed by atoms with E-state index in [0.717, 1.165) is 11.5 Å². The molecular formula is C20H16N2O7S2. The molecule has 0 bridgehead atoms. The van der Waals surface area contributed by atoms with E-state index in [4.69, 9.17) is 0 Å². The van der Waals surface area contributed by atoms with Crippen molar-refractivity contribution in [2.45, 2.75) is 9.80 Å². The van der Waals surface area contributed by atoms with Crippen LogP contribution in [0.3, 0.4) is 0 Å². The summed E-state index contributed by atoms with van der Waals surface area (Å²) in [5, 5.41) is 20.0. The summed E-state index contributed by atoms with van der Waals surface area (Å²) >= 11 is 0. The Bertz CT molecular complexity index is 1460. The molecule has 0 saturated heterocycles. The molecule has 0 saturated carbocycles. The Kier molecular flexibility index (Phi) is 4.83. The Morgan fingerprint density at radius 2 is 1.42 bits per heavy atom. The monoisotopic (exact) mass is 460 g/mol. The standard InChI is InChI=1S/C20H16N2O7S2/c23-20(31(27,28)29)17-10-4-2-7-15(17)12-13-19(20,30(24,25)26)22-21-18-11-5-8-14-6-1-3-9-16(14)18/h1-13,23H,(H,24,25,26)(H,27,28,29)/b22-21+. The van der Waals surface area contributed by atoms with Gasteiger partial charge in [0.2, 0.25) is 0 Å². The van der Waals surface area contributed by atoms with E-state index in [9.17, 15) is 31.0 Å². The van der Waals surface area contributed by atoms with Crippen molar-refractivity contribution in [3.8, 4) is 0 Å². The van der Waals surface area contributed by atoms with E-state index < -0.39 is 35.6 Å². The number of fused-ring (bicyclic) bond motifs is 2. The second kappa shape index (κ2) is 7.04. The van der Waals surface area contributed by atoms with Gasteiger partial charge in [-0.25, -0.2) is 0 Å². The zero-order chi connectivity index (χ0) is 22.5. The molecule has 0 heterocycles. The molecule has 31 heavy (non-hydrogen) atoms. The highest BCUT2D eigenvalue weighted by atomic mass is 32.2. The van der Waals surface area contributed by atoms with Crippen molar-refractivity contribution < 1.29 is 31.0 Å². The average molecular weight is 460 g/mol. The van der Waals surface area contributed by atoms with Gasteiger partial charge in [-0.15, -0.1) is 0 Å². The van der Waals surface area contributed by atoms with Crippen LogP contribution < -0.4 is 0 Å². The van der Waals surface area contributed by atoms with Crippen molar-refractivity contribution in [3.63, 3.8) is 0 Å². The molecule has 0 amide bonds. The Morgan fingerprint density at radius 1 is 0.774 bits per heavy atom. The molecule has 1 aliphatic rings. The molecule has 3 aromatic rings. The number of hydrogen-bond acceptors (Lipinski definition) is 7. The molecule has 0 aliphatic heterocycles. The molecule has 2 unspecified atom stereocenters. The van der Waals surface area contributed by atoms with Gasteiger partial charge in [0, 0.05) is 10.9 Å². The van der Waals surface area contributed by atoms with Gasteiger partial charge in [-0.3, -0.25) is 9.11 Å². The largest absolute Gasteiger partial charge is 0.366 e. The highest BCUT2D eigenvalue weighted by Gasteiger charge is 2.69. The second-order valence-electron chi connectivity index (χ2n) is 6.91. The lowest BCUT2D eigenvalue weighted by molar-refractivity contribution is 0.0764. The fourth-order valence-corrected chi connectivity index (χ4v) is 6.04. The Labute approximate surface area is 177 Å². The minimum atomic E-state index is -5.57. The first kappa shape index (κ1) is 21.3. The van der Waals surface area contributed by atoms with E-state index in [-0.39, 0.29) is 11.3 Å². The average Bonchev–Trinajstić information content (AvgIpc) is 2.72. The van der Waals surface area contributed by atoms with Crippen LogP contribution in [0.4, 0.5) is 5.69 Å². The maximum absolute atomic E-state index is 12.5. The number of aliphatic hydroxyl groups is 1. The van der Waals surface area contributed by atoms with Crippen LogP contribution in [-0.2, 0) is 25.2 Å². The van der Waals surface area contributed by atoms with Crippen LogP contribution in [-0.4, -0.2) is 35.9 Å². The molecule has 11 heteroatoms. The Morgan fingerprint density at radius 3 is 2.13 bits per heavy atom. The predicted molar refractivity (Wildman–Crippen MR) is 114 cm³/mol. The molecule has 1 aliphatic carbocycles. The van der Waals surface area contributed by atoms with Crippen LogP contribution in [0.1, 0.15) is 11.1 Å². The lowest BCUT2D eigenvalue weighted by Crippen LogP contribution is -2.59. The zero-order valence-corrected chi connectivity index (χ0v) is 17.3. The molecule has 0 aromatic heterocycles. The number of azo groups is 1. The molecule has 0 radical (unpaired) electrons. The lowest BCUT2D eigenvalue weighted by Gasteiger charge is -2.39. The van der Waals surface area contributed by atoms with Gasteiger partial charge in [-0.1, -0.05) is 66.7 Å². The summed E-state index contributed by atoms with van der Waals surface area (Å²) in [4.78, 5) is -6.83. The molecule has 3 aromatic carbocycles. The summed E-state index contributed by atoms with van der Waals surface area (Å²) in [5.74, 6) is 0. The quantitative estimate of drug-likeness (QED) is 0.399. The van der Waals surface area contributed by atoms with Crippen LogP contribution in [0.5, 0.6) is 0 Å². The summed E-state index contributed by atoms with van der Waals surface area (Å²) in [7, 11) is -11.0. The van der Waals surface area contributed by atoms with Crippen LogP contribution in [0.2, 0.25) is 0 Å². The zero-order valence-electron chi connectivity index (χ0n) is 15.7. The summed E-state index contributed by atoms with van der Waals surface area (Å²) in [5.41, 5.74) is -0.206. The Balaban J connectivity index is 2.04. The summed E-state index contributed by atoms with van der Waals surface area (Å²) in [6, 6.07) is 17.2. The number of benzene rings is 3. The first-order chi connectivity index (χ1) is 14.5. The highest BCUT2D eigenvalue weighted by molar-refractivity contribution is 7.91. The van der Waals surface area contributed by atoms with Gasteiger partial charge in [0.1, 0.15) is 0 Å². The summed E-state index contributed by atoms with van der Waals surface area (Å²) in [6.45, 7) is 0. The van der Waals surface area contributed by atoms with Crippen molar-refractivity contribution in [3.05, 3.63) is 83.9 Å². The van der Waals surface area contributed by atoms with Crippen molar-refractivity contribution in [1.29, 1.82) is 0 Å². The molecule has 160 valence electrons. The van der Waals surface area contributed by atoms with Crippen molar-refractivity contribution in [2.75, 3.05) is 0 Å². The highest BCUT2D eigenvalue weighted by Crippen LogP contribution is 2.49. The molecule has 0 spiro atoms. The van der Waals surface area contributed by atoms with E-state index in [1.807, 2.05) is 0 Å². The van der Waals surface area contributed by atoms with Crippen LogP contribution in [0, 0.1) is 0 Å². The lowest BCUT2D eigenvalue weighted by atomic mass is 9.90. The van der Waals surface area contributed by atoms with E-state index in [0.29, 0.717) is 11.5 Å². The van der Waals surface area contributed by atoms with Crippen molar-refractivity contribution >= 4 is 42.8 Å². The summed E-state index contributed by atoms with van der Waals surface area (Å²) < 4.78 is 69.6. The molecular weight excluding hydrogens is 444 g/mol. The summed E-state index contributed by atoms with van der Waals surface area (Å²) in [6.07, 6.45) is 1.86. The predicted octanol–water partition coefficient (Wildman–Crippen LogP) is 3.27. The third-order valence-corrected chi connectivity index (χ3v) is 7.85. The van der Waals surface area contributed by atoms with E-state index >= 15 is 0 Å². The minimum Gasteiger partial charge on any atom is -0.366 e. The van der Waals surface area contributed by atoms with Gasteiger partial charge >= 0.3 is 20.2 Å². The van der Waals surface area contributed by atoms with Crippen LogP contribution >= 0.6 is 0 Å². The fourth-order valence-electron chi connectivity index (χ4n) is 3.62. The van der Waals surface area contributed by atoms with Gasteiger partial charge in [0.05, 0.1) is 5.69 Å². The SMILES string of the molecule is O=S(=O)(O)C1(/N=N/c2cccc3ccccc23)C=Cc2ccccc2C1(O)S(=O)(=O)O. The van der Waals surface area contributed by atoms with Gasteiger partial charge < -0.3 is 5.11 Å². The molecule has 4 rings (SSSR count). The fraction of sp³-hybridized carbons (Fsp3) is 0.100. The molecule has 3 N–H and O–H groups in total. The van der Waals surface area contributed by atoms with Crippen LogP contribution in [0.25, 0.3) is 16.8 Å². The van der Waals surface area contributed by atoms with Gasteiger partial charge in [0.15, 0.2) is 0 Å². The number of nitrogens with zero attached hydrogens (tertiary/aromatic N) is 2. The van der Waals surface area contributed by atoms with E-state index in [1.54, 1.807) is 36.4 Å². The van der Waals surface area contributed by atoms with Gasteiger partial charge in [-0.05, 0) is 23.1 Å². The second-order valence-corrected chi connectivity index (χ2v) is 10.0. The van der Waals surface area contributed by atoms with Crippen molar-refractivity contribution in [2.24, 2.45) is 10.2 Å². The van der Waals surface area contributed by atoms with E-state index in [1.165, 1.54) is 30.3 Å². The number of rotatable bonds is 4. The smallest absolute Gasteiger partial charge is 0.303 e. The van der Waals surface area contributed by atoms with Gasteiger partial charge in [-0.2, -0.15) is 27.1 Å². The maximum Gasteiger partial charge on any atom is 0.303 e. The number of hydrogen-bond donors (Lipinski definition) is 3. The molecule has 2 atom stereocenters. The minimum absolute atomic E-state index is 0.113. The van der Waals surface area contributed by atoms with Crippen LogP contribution in [0.15, 0.2) is 83.0 Å². The maximum atomic E-state index is 12.5. The first-order valence-electron chi connectivity index (χ1n) is 8.87.